The zero-order valence-electron chi connectivity index (χ0n) is 11.8. The number of piperidine rings is 1. The van der Waals surface area contributed by atoms with E-state index < -0.39 is 0 Å². The summed E-state index contributed by atoms with van der Waals surface area (Å²) in [6.45, 7) is 1.33. The van der Waals surface area contributed by atoms with Crippen LogP contribution in [0.5, 0.6) is 0 Å². The second-order valence-electron chi connectivity index (χ2n) is 6.86. The molecule has 2 saturated carbocycles. The van der Waals surface area contributed by atoms with Gasteiger partial charge in [0.25, 0.3) is 0 Å². The lowest BCUT2D eigenvalue weighted by Crippen LogP contribution is -2.56. The molecule has 0 amide bonds. The lowest BCUT2D eigenvalue weighted by atomic mass is 9.77. The molecule has 2 unspecified atom stereocenters. The SMILES string of the molecule is NC1CCCCCC1N1CCC[C@H]2CCCC[C@H]21. The highest BCUT2D eigenvalue weighted by Gasteiger charge is 2.38. The third-order valence-electron chi connectivity index (χ3n) is 5.74. The van der Waals surface area contributed by atoms with E-state index in [2.05, 4.69) is 4.90 Å². The van der Waals surface area contributed by atoms with Crippen molar-refractivity contribution >= 4 is 0 Å². The van der Waals surface area contributed by atoms with Crippen LogP contribution in [0.3, 0.4) is 0 Å². The van der Waals surface area contributed by atoms with Crippen LogP contribution in [0, 0.1) is 5.92 Å². The second-order valence-corrected chi connectivity index (χ2v) is 6.86. The van der Waals surface area contributed by atoms with Crippen molar-refractivity contribution < 1.29 is 0 Å². The summed E-state index contributed by atoms with van der Waals surface area (Å²) in [7, 11) is 0. The van der Waals surface area contributed by atoms with Crippen LogP contribution >= 0.6 is 0 Å². The average molecular weight is 250 g/mol. The molecule has 0 spiro atoms. The largest absolute Gasteiger partial charge is 0.326 e. The fourth-order valence-electron chi connectivity index (χ4n) is 4.80. The Hall–Kier alpha value is -0.0800. The summed E-state index contributed by atoms with van der Waals surface area (Å²) in [5, 5.41) is 0. The van der Waals surface area contributed by atoms with Crippen molar-refractivity contribution in [3.05, 3.63) is 0 Å². The normalized spacial score (nSPS) is 43.2. The predicted molar refractivity (Wildman–Crippen MR) is 76.5 cm³/mol. The third-order valence-corrected chi connectivity index (χ3v) is 5.74. The van der Waals surface area contributed by atoms with Crippen molar-refractivity contribution in [2.24, 2.45) is 11.7 Å². The standard InChI is InChI=1S/C16H30N2/c17-14-9-2-1-3-11-16(14)18-12-6-8-13-7-4-5-10-15(13)18/h13-16H,1-12,17H2/t13-,14?,15-,16?/m1/s1. The smallest absolute Gasteiger partial charge is 0.0250 e. The van der Waals surface area contributed by atoms with Crippen molar-refractivity contribution in [1.29, 1.82) is 0 Å². The molecule has 18 heavy (non-hydrogen) atoms. The highest BCUT2D eigenvalue weighted by Crippen LogP contribution is 2.38. The van der Waals surface area contributed by atoms with Crippen molar-refractivity contribution in [2.45, 2.75) is 88.8 Å². The molecule has 4 atom stereocenters. The van der Waals surface area contributed by atoms with Crippen molar-refractivity contribution in [3.8, 4) is 0 Å². The second kappa shape index (κ2) is 5.92. The molecule has 0 aromatic rings. The first kappa shape index (κ1) is 12.9. The van der Waals surface area contributed by atoms with Crippen LogP contribution in [0.2, 0.25) is 0 Å². The summed E-state index contributed by atoms with van der Waals surface area (Å²) in [6.07, 6.45) is 15.6. The zero-order valence-corrected chi connectivity index (χ0v) is 11.8. The molecule has 0 radical (unpaired) electrons. The maximum atomic E-state index is 6.49. The minimum absolute atomic E-state index is 0.452. The van der Waals surface area contributed by atoms with Crippen LogP contribution in [-0.4, -0.2) is 29.6 Å². The fraction of sp³-hybridized carbons (Fsp3) is 1.00. The Balaban J connectivity index is 1.71. The van der Waals surface area contributed by atoms with Crippen molar-refractivity contribution in [2.75, 3.05) is 6.54 Å². The third kappa shape index (κ3) is 2.60. The van der Waals surface area contributed by atoms with Gasteiger partial charge in [-0.25, -0.2) is 0 Å². The van der Waals surface area contributed by atoms with Gasteiger partial charge in [0, 0.05) is 18.1 Å². The van der Waals surface area contributed by atoms with Crippen molar-refractivity contribution in [3.63, 3.8) is 0 Å². The number of hydrogen-bond acceptors (Lipinski definition) is 2. The van der Waals surface area contributed by atoms with E-state index in [-0.39, 0.29) is 0 Å². The molecule has 2 N–H and O–H groups in total. The Bertz CT molecular complexity index is 264. The van der Waals surface area contributed by atoms with Crippen LogP contribution < -0.4 is 5.73 Å². The monoisotopic (exact) mass is 250 g/mol. The number of likely N-dealkylation sites (tertiary alicyclic amines) is 1. The van der Waals surface area contributed by atoms with Gasteiger partial charge in [0.2, 0.25) is 0 Å². The van der Waals surface area contributed by atoms with E-state index in [9.17, 15) is 0 Å². The number of nitrogens with zero attached hydrogens (tertiary/aromatic N) is 1. The van der Waals surface area contributed by atoms with E-state index in [0.717, 1.165) is 12.0 Å². The van der Waals surface area contributed by atoms with Crippen LogP contribution in [0.15, 0.2) is 0 Å². The van der Waals surface area contributed by atoms with E-state index in [1.807, 2.05) is 0 Å². The van der Waals surface area contributed by atoms with E-state index in [1.165, 1.54) is 77.2 Å². The van der Waals surface area contributed by atoms with Gasteiger partial charge in [-0.2, -0.15) is 0 Å². The highest BCUT2D eigenvalue weighted by molar-refractivity contribution is 4.94. The zero-order chi connectivity index (χ0) is 12.4. The van der Waals surface area contributed by atoms with Crippen LogP contribution in [0.1, 0.15) is 70.6 Å². The van der Waals surface area contributed by atoms with Gasteiger partial charge in [-0.1, -0.05) is 32.1 Å². The molecule has 2 heteroatoms. The summed E-state index contributed by atoms with van der Waals surface area (Å²) in [5.74, 6) is 1.00. The minimum Gasteiger partial charge on any atom is -0.326 e. The van der Waals surface area contributed by atoms with E-state index >= 15 is 0 Å². The number of hydrogen-bond donors (Lipinski definition) is 1. The molecule has 1 heterocycles. The first-order valence-electron chi connectivity index (χ1n) is 8.37. The molecular weight excluding hydrogens is 220 g/mol. The van der Waals surface area contributed by atoms with Gasteiger partial charge in [0.1, 0.15) is 0 Å². The van der Waals surface area contributed by atoms with Crippen molar-refractivity contribution in [1.82, 2.24) is 4.90 Å². The molecule has 2 nitrogen and oxygen atoms in total. The summed E-state index contributed by atoms with van der Waals surface area (Å²) in [5.41, 5.74) is 6.49. The molecular formula is C16H30N2. The molecule has 3 fully saturated rings. The van der Waals surface area contributed by atoms with E-state index in [1.54, 1.807) is 0 Å². The van der Waals surface area contributed by atoms with Gasteiger partial charge in [-0.05, 0) is 51.0 Å². The number of nitrogens with two attached hydrogens (primary N) is 1. The predicted octanol–water partition coefficient (Wildman–Crippen LogP) is 3.30. The molecule has 0 aromatic heterocycles. The molecule has 2 aliphatic carbocycles. The molecule has 0 bridgehead atoms. The van der Waals surface area contributed by atoms with Crippen LogP contribution in [0.4, 0.5) is 0 Å². The molecule has 1 saturated heterocycles. The Morgan fingerprint density at radius 3 is 2.28 bits per heavy atom. The summed E-state index contributed by atoms with van der Waals surface area (Å²) < 4.78 is 0. The maximum absolute atomic E-state index is 6.49. The summed E-state index contributed by atoms with van der Waals surface area (Å²) in [6, 6.07) is 2.05. The Labute approximate surface area is 112 Å². The molecule has 104 valence electrons. The lowest BCUT2D eigenvalue weighted by molar-refractivity contribution is 0.0146. The quantitative estimate of drug-likeness (QED) is 0.724. The van der Waals surface area contributed by atoms with Crippen LogP contribution in [0.25, 0.3) is 0 Å². The van der Waals surface area contributed by atoms with Gasteiger partial charge < -0.3 is 5.73 Å². The van der Waals surface area contributed by atoms with Gasteiger partial charge in [-0.3, -0.25) is 4.90 Å². The summed E-state index contributed by atoms with van der Waals surface area (Å²) >= 11 is 0. The molecule has 3 aliphatic rings. The average Bonchev–Trinajstić information content (AvgIpc) is 2.63. The molecule has 3 rings (SSSR count). The van der Waals surface area contributed by atoms with Gasteiger partial charge in [-0.15, -0.1) is 0 Å². The topological polar surface area (TPSA) is 29.3 Å². The van der Waals surface area contributed by atoms with Gasteiger partial charge >= 0.3 is 0 Å². The Morgan fingerprint density at radius 1 is 0.667 bits per heavy atom. The Kier molecular flexibility index (Phi) is 4.25. The Morgan fingerprint density at radius 2 is 1.33 bits per heavy atom. The fourth-order valence-corrected chi connectivity index (χ4v) is 4.80. The van der Waals surface area contributed by atoms with Gasteiger partial charge in [0.15, 0.2) is 0 Å². The number of fused-ring (bicyclic) bond motifs is 1. The first-order valence-corrected chi connectivity index (χ1v) is 8.37. The molecule has 1 aliphatic heterocycles. The molecule has 0 aromatic carbocycles. The first-order chi connectivity index (χ1) is 8.86. The summed E-state index contributed by atoms with van der Waals surface area (Å²) in [4.78, 5) is 2.86. The van der Waals surface area contributed by atoms with Crippen LogP contribution in [-0.2, 0) is 0 Å². The van der Waals surface area contributed by atoms with E-state index in [4.69, 9.17) is 5.73 Å². The minimum atomic E-state index is 0.452. The van der Waals surface area contributed by atoms with Gasteiger partial charge in [0.05, 0.1) is 0 Å². The van der Waals surface area contributed by atoms with E-state index in [0.29, 0.717) is 12.1 Å². The highest BCUT2D eigenvalue weighted by atomic mass is 15.2. The lowest BCUT2D eigenvalue weighted by Gasteiger charge is -2.49. The maximum Gasteiger partial charge on any atom is 0.0250 e. The number of rotatable bonds is 1.